The standard InChI is InChI=1S/C7H15O5P/c1-5-4-6(11-3)12-7(5,2)13(8,9)10/h5-6H,4H2,1-3H3,(H2,8,9,10). The Labute approximate surface area is 77.2 Å². The molecular weight excluding hydrogens is 195 g/mol. The van der Waals surface area contributed by atoms with Crippen LogP contribution in [-0.4, -0.2) is 28.5 Å². The van der Waals surface area contributed by atoms with Crippen molar-refractivity contribution < 1.29 is 23.8 Å². The number of hydrogen-bond donors (Lipinski definition) is 2. The molecule has 1 aliphatic rings. The fourth-order valence-corrected chi connectivity index (χ4v) is 2.37. The predicted octanol–water partition coefficient (Wildman–Crippen LogP) is 0.909. The van der Waals surface area contributed by atoms with Gasteiger partial charge >= 0.3 is 7.60 Å². The van der Waals surface area contributed by atoms with Gasteiger partial charge in [0, 0.05) is 19.4 Å². The van der Waals surface area contributed by atoms with Crippen molar-refractivity contribution in [2.45, 2.75) is 31.9 Å². The Kier molecular flexibility index (Phi) is 2.86. The van der Waals surface area contributed by atoms with E-state index in [9.17, 15) is 4.57 Å². The second-order valence-corrected chi connectivity index (χ2v) is 5.49. The number of methoxy groups -OCH3 is 1. The van der Waals surface area contributed by atoms with Gasteiger partial charge in [0.1, 0.15) is 0 Å². The Hall–Kier alpha value is 0.0700. The summed E-state index contributed by atoms with van der Waals surface area (Å²) in [7, 11) is -2.77. The molecule has 6 heteroatoms. The molecule has 0 aromatic heterocycles. The van der Waals surface area contributed by atoms with Crippen molar-refractivity contribution in [2.75, 3.05) is 7.11 Å². The average Bonchev–Trinajstić information content (AvgIpc) is 2.28. The Bertz CT molecular complexity index is 237. The Morgan fingerprint density at radius 3 is 2.38 bits per heavy atom. The van der Waals surface area contributed by atoms with Gasteiger partial charge < -0.3 is 19.3 Å². The van der Waals surface area contributed by atoms with Crippen LogP contribution >= 0.6 is 7.60 Å². The molecule has 0 spiro atoms. The zero-order chi connectivity index (χ0) is 10.3. The first kappa shape index (κ1) is 11.1. The fourth-order valence-electron chi connectivity index (χ4n) is 1.44. The summed E-state index contributed by atoms with van der Waals surface area (Å²) in [5.74, 6) is -0.210. The molecule has 0 bridgehead atoms. The largest absolute Gasteiger partial charge is 0.357 e. The number of ether oxygens (including phenoxy) is 2. The lowest BCUT2D eigenvalue weighted by atomic mass is 10.1. The minimum Gasteiger partial charge on any atom is -0.356 e. The van der Waals surface area contributed by atoms with Crippen LogP contribution in [0.15, 0.2) is 0 Å². The van der Waals surface area contributed by atoms with E-state index < -0.39 is 19.2 Å². The summed E-state index contributed by atoms with van der Waals surface area (Å²) in [6.45, 7) is 3.18. The van der Waals surface area contributed by atoms with E-state index in [-0.39, 0.29) is 5.92 Å². The van der Waals surface area contributed by atoms with Gasteiger partial charge in [-0.25, -0.2) is 0 Å². The van der Waals surface area contributed by atoms with Gasteiger partial charge in [-0.3, -0.25) is 4.57 Å². The van der Waals surface area contributed by atoms with Crippen LogP contribution in [-0.2, 0) is 14.0 Å². The van der Waals surface area contributed by atoms with Crippen LogP contribution in [0.3, 0.4) is 0 Å². The molecule has 13 heavy (non-hydrogen) atoms. The summed E-state index contributed by atoms with van der Waals surface area (Å²) in [5.41, 5.74) is 0. The predicted molar refractivity (Wildman–Crippen MR) is 46.1 cm³/mol. The second kappa shape index (κ2) is 3.33. The van der Waals surface area contributed by atoms with Gasteiger partial charge in [0.2, 0.25) is 0 Å². The van der Waals surface area contributed by atoms with Crippen LogP contribution in [0, 0.1) is 5.92 Å². The number of hydrogen-bond acceptors (Lipinski definition) is 3. The fraction of sp³-hybridized carbons (Fsp3) is 1.00. The van der Waals surface area contributed by atoms with E-state index >= 15 is 0 Å². The zero-order valence-corrected chi connectivity index (χ0v) is 8.82. The maximum atomic E-state index is 11.1. The molecule has 78 valence electrons. The van der Waals surface area contributed by atoms with E-state index in [4.69, 9.17) is 19.3 Å². The molecule has 3 unspecified atom stereocenters. The molecule has 2 N–H and O–H groups in total. The highest BCUT2D eigenvalue weighted by Gasteiger charge is 2.54. The van der Waals surface area contributed by atoms with Gasteiger partial charge in [0.05, 0.1) is 0 Å². The average molecular weight is 210 g/mol. The molecule has 0 saturated carbocycles. The normalized spacial score (nSPS) is 41.0. The smallest absolute Gasteiger partial charge is 0.356 e. The van der Waals surface area contributed by atoms with Crippen LogP contribution in [0.4, 0.5) is 0 Å². The van der Waals surface area contributed by atoms with Crippen LogP contribution < -0.4 is 0 Å². The van der Waals surface area contributed by atoms with Crippen molar-refractivity contribution in [3.63, 3.8) is 0 Å². The maximum absolute atomic E-state index is 11.1. The van der Waals surface area contributed by atoms with Gasteiger partial charge in [-0.15, -0.1) is 0 Å². The van der Waals surface area contributed by atoms with Gasteiger partial charge in [-0.05, 0) is 6.92 Å². The highest BCUT2D eigenvalue weighted by molar-refractivity contribution is 7.53. The van der Waals surface area contributed by atoms with Crippen molar-refractivity contribution >= 4 is 7.60 Å². The summed E-state index contributed by atoms with van der Waals surface area (Å²) in [4.78, 5) is 18.2. The molecule has 1 aliphatic heterocycles. The number of rotatable bonds is 2. The topological polar surface area (TPSA) is 76.0 Å². The van der Waals surface area contributed by atoms with Crippen molar-refractivity contribution in [1.29, 1.82) is 0 Å². The van der Waals surface area contributed by atoms with Crippen LogP contribution in [0.2, 0.25) is 0 Å². The van der Waals surface area contributed by atoms with Crippen molar-refractivity contribution in [3.8, 4) is 0 Å². The summed E-state index contributed by atoms with van der Waals surface area (Å²) < 4.78 is 21.2. The van der Waals surface area contributed by atoms with E-state index in [2.05, 4.69) is 0 Å². The summed E-state index contributed by atoms with van der Waals surface area (Å²) in [5, 5.41) is -1.40. The molecule has 0 aromatic rings. The van der Waals surface area contributed by atoms with Gasteiger partial charge in [0.15, 0.2) is 11.6 Å². The van der Waals surface area contributed by atoms with Crippen LogP contribution in [0.25, 0.3) is 0 Å². The molecule has 1 heterocycles. The molecule has 1 saturated heterocycles. The van der Waals surface area contributed by atoms with E-state index in [1.165, 1.54) is 14.0 Å². The summed E-state index contributed by atoms with van der Waals surface area (Å²) in [6, 6.07) is 0. The quantitative estimate of drug-likeness (QED) is 0.662. The lowest BCUT2D eigenvalue weighted by Crippen LogP contribution is -2.30. The molecule has 0 amide bonds. The van der Waals surface area contributed by atoms with Crippen LogP contribution in [0.1, 0.15) is 20.3 Å². The molecule has 1 rings (SSSR count). The molecule has 5 nitrogen and oxygen atoms in total. The van der Waals surface area contributed by atoms with Gasteiger partial charge in [-0.2, -0.15) is 0 Å². The van der Waals surface area contributed by atoms with Crippen LogP contribution in [0.5, 0.6) is 0 Å². The minimum atomic E-state index is -4.23. The first-order chi connectivity index (χ1) is 5.81. The molecule has 3 atom stereocenters. The van der Waals surface area contributed by atoms with E-state index in [1.807, 2.05) is 0 Å². The molecular formula is C7H15O5P. The second-order valence-electron chi connectivity index (χ2n) is 3.52. The Balaban J connectivity index is 2.87. The summed E-state index contributed by atoms with van der Waals surface area (Å²) in [6.07, 6.45) is 0.00519. The highest BCUT2D eigenvalue weighted by atomic mass is 31.2. The Morgan fingerprint density at radius 2 is 2.15 bits per heavy atom. The van der Waals surface area contributed by atoms with Gasteiger partial charge in [-0.1, -0.05) is 6.92 Å². The maximum Gasteiger partial charge on any atom is 0.357 e. The van der Waals surface area contributed by atoms with Crippen molar-refractivity contribution in [3.05, 3.63) is 0 Å². The minimum absolute atomic E-state index is 0.210. The molecule has 1 fully saturated rings. The van der Waals surface area contributed by atoms with E-state index in [0.717, 1.165) is 0 Å². The lowest BCUT2D eigenvalue weighted by molar-refractivity contribution is -0.130. The van der Waals surface area contributed by atoms with Crippen molar-refractivity contribution in [2.24, 2.45) is 5.92 Å². The zero-order valence-electron chi connectivity index (χ0n) is 7.93. The van der Waals surface area contributed by atoms with E-state index in [0.29, 0.717) is 6.42 Å². The third-order valence-corrected chi connectivity index (χ3v) is 4.37. The molecule has 0 aromatic carbocycles. The first-order valence-electron chi connectivity index (χ1n) is 4.07. The van der Waals surface area contributed by atoms with Gasteiger partial charge in [0.25, 0.3) is 0 Å². The third-order valence-electron chi connectivity index (χ3n) is 2.67. The van der Waals surface area contributed by atoms with Crippen molar-refractivity contribution in [1.82, 2.24) is 0 Å². The third kappa shape index (κ3) is 1.80. The highest BCUT2D eigenvalue weighted by Crippen LogP contribution is 2.59. The molecule has 0 radical (unpaired) electrons. The summed E-state index contributed by atoms with van der Waals surface area (Å²) >= 11 is 0. The Morgan fingerprint density at radius 1 is 1.62 bits per heavy atom. The van der Waals surface area contributed by atoms with E-state index in [1.54, 1.807) is 6.92 Å². The lowest BCUT2D eigenvalue weighted by Gasteiger charge is -2.28. The SMILES string of the molecule is COC1CC(C)C(C)(P(=O)(O)O)O1. The first-order valence-corrected chi connectivity index (χ1v) is 5.68. The molecule has 0 aliphatic carbocycles. The monoisotopic (exact) mass is 210 g/mol.